The number of benzene rings is 1. The van der Waals surface area contributed by atoms with E-state index in [1.165, 1.54) is 46.0 Å². The number of ether oxygens (including phenoxy) is 1. The Balaban J connectivity index is 1.63. The first-order chi connectivity index (χ1) is 14.8. The Morgan fingerprint density at radius 3 is 2.32 bits per heavy atom. The standard InChI is InChI=1S/C20H23N3O6S2/c1-2-23(20(26)29-19(25)16-10-13-30-14-16)21-18(24)15-6-8-17(9-7-15)31(27,28)22-11-4-3-5-12-22/h6-10,13-14H,2-5,11-12H2,1H3,(H,21,24). The van der Waals surface area contributed by atoms with Crippen molar-refractivity contribution in [3.8, 4) is 0 Å². The molecule has 0 bridgehead atoms. The molecule has 1 aliphatic rings. The Kier molecular flexibility index (Phi) is 7.42. The van der Waals surface area contributed by atoms with Crippen molar-refractivity contribution >= 4 is 39.3 Å². The van der Waals surface area contributed by atoms with Gasteiger partial charge >= 0.3 is 12.1 Å². The summed E-state index contributed by atoms with van der Waals surface area (Å²) in [6, 6.07) is 7.01. The van der Waals surface area contributed by atoms with E-state index in [1.54, 1.807) is 17.7 Å². The molecule has 1 saturated heterocycles. The summed E-state index contributed by atoms with van der Waals surface area (Å²) >= 11 is 1.29. The van der Waals surface area contributed by atoms with Crippen LogP contribution in [0, 0.1) is 0 Å². The zero-order valence-corrected chi connectivity index (χ0v) is 18.6. The number of hydrazine groups is 1. The van der Waals surface area contributed by atoms with E-state index in [1.807, 2.05) is 0 Å². The van der Waals surface area contributed by atoms with Gasteiger partial charge in [-0.05, 0) is 55.5 Å². The van der Waals surface area contributed by atoms with Crippen LogP contribution in [-0.4, -0.2) is 55.3 Å². The maximum Gasteiger partial charge on any atom is 0.436 e. The third-order valence-corrected chi connectivity index (χ3v) is 7.38. The number of nitrogens with one attached hydrogen (secondary N) is 1. The molecule has 0 unspecified atom stereocenters. The van der Waals surface area contributed by atoms with Gasteiger partial charge in [-0.3, -0.25) is 10.2 Å². The summed E-state index contributed by atoms with van der Waals surface area (Å²) in [5.41, 5.74) is 2.77. The number of esters is 1. The van der Waals surface area contributed by atoms with Gasteiger partial charge < -0.3 is 4.74 Å². The van der Waals surface area contributed by atoms with E-state index in [9.17, 15) is 22.8 Å². The minimum atomic E-state index is -3.60. The Morgan fingerprint density at radius 1 is 1.06 bits per heavy atom. The van der Waals surface area contributed by atoms with Crippen LogP contribution in [0.15, 0.2) is 46.0 Å². The SMILES string of the molecule is CCN(NC(=O)c1ccc(S(=O)(=O)N2CCCCC2)cc1)C(=O)OC(=O)c1ccsc1. The van der Waals surface area contributed by atoms with E-state index in [-0.39, 0.29) is 22.6 Å². The quantitative estimate of drug-likeness (QED) is 0.413. The van der Waals surface area contributed by atoms with Gasteiger partial charge in [0.25, 0.3) is 5.91 Å². The number of hydrogen-bond donors (Lipinski definition) is 1. The Bertz CT molecular complexity index is 1030. The largest absolute Gasteiger partial charge is 0.436 e. The average molecular weight is 466 g/mol. The molecular weight excluding hydrogens is 442 g/mol. The lowest BCUT2D eigenvalue weighted by Gasteiger charge is -2.26. The number of piperidine rings is 1. The van der Waals surface area contributed by atoms with Crippen molar-refractivity contribution in [2.45, 2.75) is 31.1 Å². The summed E-state index contributed by atoms with van der Waals surface area (Å²) in [4.78, 5) is 36.7. The van der Waals surface area contributed by atoms with E-state index >= 15 is 0 Å². The first kappa shape index (κ1) is 22.9. The van der Waals surface area contributed by atoms with E-state index in [0.717, 1.165) is 24.3 Å². The number of hydrogen-bond acceptors (Lipinski definition) is 7. The molecule has 166 valence electrons. The zero-order valence-electron chi connectivity index (χ0n) is 16.9. The van der Waals surface area contributed by atoms with Gasteiger partial charge in [0.15, 0.2) is 0 Å². The summed E-state index contributed by atoms with van der Waals surface area (Å²) in [6.45, 7) is 2.64. The fourth-order valence-electron chi connectivity index (χ4n) is 3.05. The minimum absolute atomic E-state index is 0.0584. The van der Waals surface area contributed by atoms with Crippen molar-refractivity contribution < 1.29 is 27.5 Å². The second-order valence-electron chi connectivity index (χ2n) is 6.84. The third-order valence-electron chi connectivity index (χ3n) is 4.78. The number of sulfonamides is 1. The van der Waals surface area contributed by atoms with Crippen LogP contribution in [0.5, 0.6) is 0 Å². The van der Waals surface area contributed by atoms with Crippen molar-refractivity contribution in [2.75, 3.05) is 19.6 Å². The topological polar surface area (TPSA) is 113 Å². The molecular formula is C20H23N3O6S2. The summed E-state index contributed by atoms with van der Waals surface area (Å²) in [6.07, 6.45) is 1.66. The van der Waals surface area contributed by atoms with Crippen LogP contribution in [0.25, 0.3) is 0 Å². The molecule has 2 aromatic rings. The molecule has 1 aliphatic heterocycles. The molecule has 9 nitrogen and oxygen atoms in total. The summed E-state index contributed by atoms with van der Waals surface area (Å²) < 4.78 is 31.6. The molecule has 0 atom stereocenters. The lowest BCUT2D eigenvalue weighted by Crippen LogP contribution is -2.46. The molecule has 0 radical (unpaired) electrons. The monoisotopic (exact) mass is 465 g/mol. The highest BCUT2D eigenvalue weighted by Crippen LogP contribution is 2.21. The van der Waals surface area contributed by atoms with Gasteiger partial charge in [-0.15, -0.1) is 0 Å². The second-order valence-corrected chi connectivity index (χ2v) is 9.56. The van der Waals surface area contributed by atoms with Crippen LogP contribution in [-0.2, 0) is 14.8 Å². The van der Waals surface area contributed by atoms with E-state index in [0.29, 0.717) is 13.1 Å². The lowest BCUT2D eigenvalue weighted by molar-refractivity contribution is 0.0471. The van der Waals surface area contributed by atoms with Crippen LogP contribution < -0.4 is 5.43 Å². The second kappa shape index (κ2) is 10.0. The average Bonchev–Trinajstić information content (AvgIpc) is 3.33. The number of carbonyl (C=O) groups excluding carboxylic acids is 3. The van der Waals surface area contributed by atoms with Crippen LogP contribution in [0.1, 0.15) is 46.9 Å². The summed E-state index contributed by atoms with van der Waals surface area (Å²) in [7, 11) is -3.60. The zero-order chi connectivity index (χ0) is 22.4. The van der Waals surface area contributed by atoms with E-state index in [4.69, 9.17) is 4.74 Å². The summed E-state index contributed by atoms with van der Waals surface area (Å²) in [5, 5.41) is 4.09. The third kappa shape index (κ3) is 5.49. The molecule has 11 heteroatoms. The molecule has 2 heterocycles. The van der Waals surface area contributed by atoms with Gasteiger partial charge in [-0.1, -0.05) is 6.42 Å². The molecule has 0 spiro atoms. The number of nitrogens with zero attached hydrogens (tertiary/aromatic N) is 2. The Labute approximate surface area is 184 Å². The van der Waals surface area contributed by atoms with Crippen LogP contribution in [0.2, 0.25) is 0 Å². The molecule has 1 aromatic heterocycles. The van der Waals surface area contributed by atoms with Crippen molar-refractivity contribution in [1.29, 1.82) is 0 Å². The molecule has 0 aliphatic carbocycles. The lowest BCUT2D eigenvalue weighted by atomic mass is 10.2. The maximum atomic E-state index is 12.7. The molecule has 1 fully saturated rings. The van der Waals surface area contributed by atoms with Gasteiger partial charge in [0.1, 0.15) is 0 Å². The normalized spacial score (nSPS) is 14.6. The molecule has 31 heavy (non-hydrogen) atoms. The van der Waals surface area contributed by atoms with E-state index < -0.39 is 28.0 Å². The number of rotatable bonds is 5. The predicted molar refractivity (Wildman–Crippen MR) is 114 cm³/mol. The van der Waals surface area contributed by atoms with Crippen molar-refractivity contribution in [2.24, 2.45) is 0 Å². The number of thiophene rings is 1. The smallest absolute Gasteiger partial charge is 0.371 e. The number of amides is 2. The summed E-state index contributed by atoms with van der Waals surface area (Å²) in [5.74, 6) is -1.45. The molecule has 1 aromatic carbocycles. The highest BCUT2D eigenvalue weighted by atomic mass is 32.2. The van der Waals surface area contributed by atoms with Gasteiger partial charge in [-0.2, -0.15) is 15.6 Å². The van der Waals surface area contributed by atoms with Gasteiger partial charge in [0.2, 0.25) is 10.0 Å². The van der Waals surface area contributed by atoms with Crippen LogP contribution in [0.4, 0.5) is 4.79 Å². The molecule has 3 rings (SSSR count). The van der Waals surface area contributed by atoms with Crippen molar-refractivity contribution in [1.82, 2.24) is 14.7 Å². The minimum Gasteiger partial charge on any atom is -0.371 e. The van der Waals surface area contributed by atoms with Crippen LogP contribution in [0.3, 0.4) is 0 Å². The van der Waals surface area contributed by atoms with E-state index in [2.05, 4.69) is 5.43 Å². The fraction of sp³-hybridized carbons (Fsp3) is 0.350. The fourth-order valence-corrected chi connectivity index (χ4v) is 5.19. The predicted octanol–water partition coefficient (Wildman–Crippen LogP) is 2.87. The molecule has 1 N–H and O–H groups in total. The Hall–Kier alpha value is -2.76. The van der Waals surface area contributed by atoms with Gasteiger partial charge in [0.05, 0.1) is 10.5 Å². The molecule has 0 saturated carbocycles. The van der Waals surface area contributed by atoms with Crippen molar-refractivity contribution in [3.05, 3.63) is 52.2 Å². The molecule has 2 amide bonds. The van der Waals surface area contributed by atoms with Gasteiger partial charge in [-0.25, -0.2) is 23.0 Å². The first-order valence-electron chi connectivity index (χ1n) is 9.80. The van der Waals surface area contributed by atoms with Gasteiger partial charge in [0, 0.05) is 30.6 Å². The number of carbonyl (C=O) groups is 3. The first-order valence-corrected chi connectivity index (χ1v) is 12.2. The van der Waals surface area contributed by atoms with Crippen molar-refractivity contribution in [3.63, 3.8) is 0 Å². The highest BCUT2D eigenvalue weighted by molar-refractivity contribution is 7.89. The highest BCUT2D eigenvalue weighted by Gasteiger charge is 2.26. The Morgan fingerprint density at radius 2 is 1.74 bits per heavy atom. The van der Waals surface area contributed by atoms with Crippen LogP contribution >= 0.6 is 11.3 Å². The maximum absolute atomic E-state index is 12.7.